The third kappa shape index (κ3) is 6.46. The number of rotatable bonds is 6. The predicted molar refractivity (Wildman–Crippen MR) is 98.4 cm³/mol. The molecule has 0 spiro atoms. The van der Waals surface area contributed by atoms with Gasteiger partial charge in [0.2, 0.25) is 0 Å². The van der Waals surface area contributed by atoms with Crippen molar-refractivity contribution in [2.75, 3.05) is 39.3 Å². The summed E-state index contributed by atoms with van der Waals surface area (Å²) in [6, 6.07) is 10.9. The lowest BCUT2D eigenvalue weighted by atomic mass is 9.94. The Morgan fingerprint density at radius 3 is 2.57 bits per heavy atom. The van der Waals surface area contributed by atoms with Crippen LogP contribution in [0.4, 0.5) is 0 Å². The molecule has 0 aromatic heterocycles. The summed E-state index contributed by atoms with van der Waals surface area (Å²) in [6.07, 6.45) is 5.32. The van der Waals surface area contributed by atoms with E-state index in [1.54, 1.807) is 0 Å². The minimum absolute atomic E-state index is 0.277. The summed E-state index contributed by atoms with van der Waals surface area (Å²) in [5.41, 5.74) is 1.56. The topological polar surface area (TPSA) is 26.7 Å². The summed E-state index contributed by atoms with van der Waals surface area (Å²) < 4.78 is 0. The molecule has 0 radical (unpaired) electrons. The molecule has 0 amide bonds. The van der Waals surface area contributed by atoms with Gasteiger partial charge in [-0.25, -0.2) is 0 Å². The fourth-order valence-corrected chi connectivity index (χ4v) is 3.27. The molecule has 128 valence electrons. The lowest BCUT2D eigenvalue weighted by Gasteiger charge is -2.43. The minimum Gasteiger partial charge on any atom is -0.396 e. The quantitative estimate of drug-likeness (QED) is 0.873. The molecule has 1 aromatic carbocycles. The summed E-state index contributed by atoms with van der Waals surface area (Å²) in [5, 5.41) is 9.39. The molecule has 3 heteroatoms. The number of piperazine rings is 1. The Hall–Kier alpha value is -1.16. The summed E-state index contributed by atoms with van der Waals surface area (Å²) in [5.74, 6) is 0. The largest absolute Gasteiger partial charge is 0.396 e. The van der Waals surface area contributed by atoms with Gasteiger partial charge in [0.05, 0.1) is 0 Å². The van der Waals surface area contributed by atoms with Crippen LogP contribution >= 0.6 is 0 Å². The van der Waals surface area contributed by atoms with Crippen molar-refractivity contribution in [3.8, 4) is 0 Å². The number of hydrogen-bond acceptors (Lipinski definition) is 3. The van der Waals surface area contributed by atoms with Gasteiger partial charge in [0.25, 0.3) is 0 Å². The van der Waals surface area contributed by atoms with Gasteiger partial charge in [-0.3, -0.25) is 9.80 Å². The van der Waals surface area contributed by atoms with Gasteiger partial charge in [0, 0.05) is 45.4 Å². The highest BCUT2D eigenvalue weighted by Crippen LogP contribution is 2.21. The molecule has 0 unspecified atom stereocenters. The number of benzene rings is 1. The van der Waals surface area contributed by atoms with E-state index in [0.29, 0.717) is 11.5 Å². The van der Waals surface area contributed by atoms with Crippen LogP contribution in [-0.2, 0) is 0 Å². The lowest BCUT2D eigenvalue weighted by Crippen LogP contribution is -2.55. The molecule has 3 nitrogen and oxygen atoms in total. The number of nitrogens with zero attached hydrogens (tertiary/aromatic N) is 2. The van der Waals surface area contributed by atoms with E-state index >= 15 is 0 Å². The van der Waals surface area contributed by atoms with Crippen LogP contribution in [0, 0.1) is 5.41 Å². The van der Waals surface area contributed by atoms with Crippen molar-refractivity contribution < 1.29 is 5.11 Å². The summed E-state index contributed by atoms with van der Waals surface area (Å²) in [7, 11) is 0. The highest BCUT2D eigenvalue weighted by atomic mass is 16.3. The summed E-state index contributed by atoms with van der Waals surface area (Å²) in [6.45, 7) is 12.5. The molecule has 1 N–H and O–H groups in total. The molecular weight excluding hydrogens is 284 g/mol. The van der Waals surface area contributed by atoms with Crippen LogP contribution in [0.3, 0.4) is 0 Å². The van der Waals surface area contributed by atoms with E-state index in [4.69, 9.17) is 0 Å². The van der Waals surface area contributed by atoms with Gasteiger partial charge < -0.3 is 5.11 Å². The van der Waals surface area contributed by atoms with Gasteiger partial charge in [-0.2, -0.15) is 0 Å². The second kappa shape index (κ2) is 8.62. The van der Waals surface area contributed by atoms with Gasteiger partial charge in [-0.1, -0.05) is 63.3 Å². The average Bonchev–Trinajstić information content (AvgIpc) is 2.50. The zero-order valence-electron chi connectivity index (χ0n) is 14.9. The fraction of sp³-hybridized carbons (Fsp3) is 0.600. The highest BCUT2D eigenvalue weighted by molar-refractivity contribution is 5.48. The first kappa shape index (κ1) is 18.2. The zero-order valence-corrected chi connectivity index (χ0v) is 14.9. The first-order valence-corrected chi connectivity index (χ1v) is 8.77. The third-order valence-electron chi connectivity index (χ3n) is 4.30. The van der Waals surface area contributed by atoms with Gasteiger partial charge >= 0.3 is 0 Å². The number of aliphatic hydroxyl groups is 1. The molecule has 1 aliphatic rings. The van der Waals surface area contributed by atoms with Gasteiger partial charge in [-0.05, 0) is 17.4 Å². The predicted octanol–water partition coefficient (Wildman–Crippen LogP) is 3.11. The van der Waals surface area contributed by atoms with E-state index in [2.05, 4.69) is 67.0 Å². The maximum atomic E-state index is 9.39. The van der Waals surface area contributed by atoms with Crippen LogP contribution in [0.15, 0.2) is 36.4 Å². The smallest absolute Gasteiger partial charge is 0.0446 e. The highest BCUT2D eigenvalue weighted by Gasteiger charge is 2.28. The van der Waals surface area contributed by atoms with Crippen LogP contribution in [0.2, 0.25) is 0 Å². The number of aliphatic hydroxyl groups excluding tert-OH is 1. The maximum Gasteiger partial charge on any atom is 0.0446 e. The SMILES string of the molecule is CC(C)(C)CN1CCN(C/C=C/c2ccccc2)C[C@@H]1CCO. The molecule has 1 aliphatic heterocycles. The van der Waals surface area contributed by atoms with Crippen LogP contribution in [0.1, 0.15) is 32.8 Å². The van der Waals surface area contributed by atoms with Crippen LogP contribution in [0.5, 0.6) is 0 Å². The van der Waals surface area contributed by atoms with Crippen LogP contribution in [0.25, 0.3) is 6.08 Å². The summed E-state index contributed by atoms with van der Waals surface area (Å²) in [4.78, 5) is 5.06. The van der Waals surface area contributed by atoms with Crippen molar-refractivity contribution in [1.82, 2.24) is 9.80 Å². The molecule has 0 saturated carbocycles. The van der Waals surface area contributed by atoms with E-state index in [0.717, 1.165) is 39.1 Å². The Bertz CT molecular complexity index is 478. The summed E-state index contributed by atoms with van der Waals surface area (Å²) >= 11 is 0. The van der Waals surface area contributed by atoms with Gasteiger partial charge in [0.15, 0.2) is 0 Å². The van der Waals surface area contributed by atoms with Crippen molar-refractivity contribution in [3.05, 3.63) is 42.0 Å². The molecule has 23 heavy (non-hydrogen) atoms. The minimum atomic E-state index is 0.277. The molecule has 0 aliphatic carbocycles. The first-order valence-electron chi connectivity index (χ1n) is 8.77. The zero-order chi connectivity index (χ0) is 16.7. The van der Waals surface area contributed by atoms with Crippen molar-refractivity contribution in [2.45, 2.75) is 33.2 Å². The molecule has 1 heterocycles. The normalized spacial score (nSPS) is 21.1. The fourth-order valence-electron chi connectivity index (χ4n) is 3.27. The Balaban J connectivity index is 1.87. The average molecular weight is 316 g/mol. The van der Waals surface area contributed by atoms with Crippen molar-refractivity contribution in [3.63, 3.8) is 0 Å². The number of hydrogen-bond donors (Lipinski definition) is 1. The van der Waals surface area contributed by atoms with Gasteiger partial charge in [0.1, 0.15) is 0 Å². The Kier molecular flexibility index (Phi) is 6.82. The standard InChI is InChI=1S/C20H32N2O/c1-20(2,3)17-22-14-13-21(16-19(22)11-15-23)12-7-10-18-8-5-4-6-9-18/h4-10,19,23H,11-17H2,1-3H3/b10-7+/t19-/m0/s1. The molecule has 0 bridgehead atoms. The van der Waals surface area contributed by atoms with E-state index < -0.39 is 0 Å². The van der Waals surface area contributed by atoms with Crippen molar-refractivity contribution in [1.29, 1.82) is 0 Å². The Morgan fingerprint density at radius 2 is 1.91 bits per heavy atom. The molecule has 1 fully saturated rings. The van der Waals surface area contributed by atoms with E-state index in [-0.39, 0.29) is 6.61 Å². The molecule has 1 aromatic rings. The van der Waals surface area contributed by atoms with Crippen molar-refractivity contribution in [2.24, 2.45) is 5.41 Å². The molecule has 1 atom stereocenters. The van der Waals surface area contributed by atoms with E-state index in [1.165, 1.54) is 5.56 Å². The Morgan fingerprint density at radius 1 is 1.17 bits per heavy atom. The second-order valence-electron chi connectivity index (χ2n) is 7.77. The van der Waals surface area contributed by atoms with Crippen LogP contribution in [-0.4, -0.2) is 60.3 Å². The monoisotopic (exact) mass is 316 g/mol. The molecule has 2 rings (SSSR count). The molecule has 1 saturated heterocycles. The van der Waals surface area contributed by atoms with Gasteiger partial charge in [-0.15, -0.1) is 0 Å². The first-order chi connectivity index (χ1) is 11.0. The van der Waals surface area contributed by atoms with E-state index in [1.807, 2.05) is 6.07 Å². The van der Waals surface area contributed by atoms with Crippen molar-refractivity contribution >= 4 is 6.08 Å². The van der Waals surface area contributed by atoms with Crippen LogP contribution < -0.4 is 0 Å². The maximum absolute atomic E-state index is 9.39. The Labute approximate surface area is 141 Å². The second-order valence-corrected chi connectivity index (χ2v) is 7.77. The van der Waals surface area contributed by atoms with E-state index in [9.17, 15) is 5.11 Å². The lowest BCUT2D eigenvalue weighted by molar-refractivity contribution is 0.0420. The molecular formula is C20H32N2O. The third-order valence-corrected chi connectivity index (χ3v) is 4.30.